The number of hydrogen-bond donors (Lipinski definition) is 0. The molecule has 0 aliphatic rings. The smallest absolute Gasteiger partial charge is 0.131 e. The van der Waals surface area contributed by atoms with Crippen LogP contribution in [0.5, 0.6) is 0 Å². The maximum atomic E-state index is 3.56. The van der Waals surface area contributed by atoms with Crippen LogP contribution in [-0.2, 0) is 0 Å². The summed E-state index contributed by atoms with van der Waals surface area (Å²) >= 11 is 0. The first kappa shape index (κ1) is 14.8. The molecule has 0 aromatic carbocycles. The Balaban J connectivity index is 4.30. The van der Waals surface area contributed by atoms with Gasteiger partial charge in [-0.3, -0.25) is 0 Å². The van der Waals surface area contributed by atoms with E-state index in [1.165, 1.54) is 6.42 Å². The zero-order valence-corrected chi connectivity index (χ0v) is 12.9. The molecule has 0 aliphatic carbocycles. The van der Waals surface area contributed by atoms with E-state index in [0.29, 0.717) is 10.5 Å². The van der Waals surface area contributed by atoms with E-state index in [0.717, 1.165) is 6.42 Å². The van der Waals surface area contributed by atoms with Crippen molar-refractivity contribution < 1.29 is 0 Å². The number of rotatable bonds is 1. The largest absolute Gasteiger partial charge is 0.137 e. The molecule has 0 saturated carbocycles. The van der Waals surface area contributed by atoms with Crippen molar-refractivity contribution in [2.75, 3.05) is 0 Å². The lowest BCUT2D eigenvalue weighted by Gasteiger charge is -2.31. The highest BCUT2D eigenvalue weighted by Crippen LogP contribution is 2.35. The molecule has 0 nitrogen and oxygen atoms in total. The van der Waals surface area contributed by atoms with Gasteiger partial charge >= 0.3 is 0 Å². The Morgan fingerprint density at radius 3 is 1.73 bits per heavy atom. The predicted octanol–water partition coefficient (Wildman–Crippen LogP) is 4.86. The second kappa shape index (κ2) is 4.74. The van der Waals surface area contributed by atoms with Gasteiger partial charge in [-0.15, -0.1) is 11.5 Å². The molecule has 0 rings (SSSR count). The van der Waals surface area contributed by atoms with Crippen LogP contribution in [0, 0.1) is 16.9 Å². The molecule has 0 aromatic heterocycles. The van der Waals surface area contributed by atoms with Gasteiger partial charge in [-0.1, -0.05) is 54.6 Å². The third-order valence-electron chi connectivity index (χ3n) is 3.28. The quantitative estimate of drug-likeness (QED) is 0.440. The minimum absolute atomic E-state index is 0.391. The van der Waals surface area contributed by atoms with Crippen molar-refractivity contribution in [1.82, 2.24) is 0 Å². The van der Waals surface area contributed by atoms with E-state index >= 15 is 0 Å². The molecule has 0 fully saturated rings. The first-order chi connectivity index (χ1) is 6.46. The summed E-state index contributed by atoms with van der Waals surface area (Å²) in [5, 5.41) is 0.391. The molecule has 0 saturated heterocycles. The van der Waals surface area contributed by atoms with Crippen LogP contribution in [0.25, 0.3) is 0 Å². The Labute approximate surface area is 97.9 Å². The number of hydrogen-bond acceptors (Lipinski definition) is 0. The van der Waals surface area contributed by atoms with Gasteiger partial charge in [-0.25, -0.2) is 0 Å². The van der Waals surface area contributed by atoms with E-state index in [4.69, 9.17) is 0 Å². The lowest BCUT2D eigenvalue weighted by molar-refractivity contribution is 0.384. The van der Waals surface area contributed by atoms with Crippen molar-refractivity contribution in [2.45, 2.75) is 72.5 Å². The van der Waals surface area contributed by atoms with Gasteiger partial charge in [0.25, 0.3) is 0 Å². The molecule has 0 radical (unpaired) electrons. The zero-order valence-electron chi connectivity index (χ0n) is 11.9. The predicted molar refractivity (Wildman–Crippen MR) is 73.7 cm³/mol. The molecule has 0 heterocycles. The summed E-state index contributed by atoms with van der Waals surface area (Å²) in [7, 11) is -1.36. The summed E-state index contributed by atoms with van der Waals surface area (Å²) in [6.07, 6.45) is 2.25. The van der Waals surface area contributed by atoms with Crippen molar-refractivity contribution in [3.8, 4) is 11.5 Å². The molecule has 15 heavy (non-hydrogen) atoms. The van der Waals surface area contributed by atoms with Crippen LogP contribution in [0.3, 0.4) is 0 Å². The fourth-order valence-electron chi connectivity index (χ4n) is 0.908. The zero-order chi connectivity index (χ0) is 12.3. The first-order valence-corrected chi connectivity index (χ1v) is 8.96. The molecule has 0 bridgehead atoms. The van der Waals surface area contributed by atoms with Gasteiger partial charge in [0.05, 0.1) is 0 Å². The van der Waals surface area contributed by atoms with Crippen LogP contribution in [-0.4, -0.2) is 8.07 Å². The third-order valence-corrected chi connectivity index (χ3v) is 7.83. The fourth-order valence-corrected chi connectivity index (χ4v) is 1.85. The maximum absolute atomic E-state index is 3.56. The van der Waals surface area contributed by atoms with Crippen molar-refractivity contribution in [2.24, 2.45) is 5.41 Å². The maximum Gasteiger partial charge on any atom is 0.137 e. The van der Waals surface area contributed by atoms with Gasteiger partial charge in [0.2, 0.25) is 0 Å². The molecule has 0 aliphatic heterocycles. The molecular formula is C14H28Si. The molecule has 0 amide bonds. The monoisotopic (exact) mass is 224 g/mol. The normalized spacial score (nSPS) is 13.3. The minimum atomic E-state index is -1.36. The Hall–Kier alpha value is -0.223. The van der Waals surface area contributed by atoms with E-state index < -0.39 is 8.07 Å². The van der Waals surface area contributed by atoms with Gasteiger partial charge in [-0.05, 0) is 16.9 Å². The van der Waals surface area contributed by atoms with Crippen molar-refractivity contribution >= 4 is 8.07 Å². The molecular weight excluding hydrogens is 196 g/mol. The van der Waals surface area contributed by atoms with Crippen LogP contribution >= 0.6 is 0 Å². The van der Waals surface area contributed by atoms with Crippen LogP contribution in [0.2, 0.25) is 18.1 Å². The highest BCUT2D eigenvalue weighted by Gasteiger charge is 2.33. The molecule has 0 aromatic rings. The van der Waals surface area contributed by atoms with E-state index in [1.807, 2.05) is 0 Å². The van der Waals surface area contributed by atoms with Gasteiger partial charge < -0.3 is 0 Å². The van der Waals surface area contributed by atoms with E-state index in [-0.39, 0.29) is 0 Å². The van der Waals surface area contributed by atoms with Gasteiger partial charge in [0.15, 0.2) is 0 Å². The average molecular weight is 224 g/mol. The second-order valence-electron chi connectivity index (χ2n) is 7.24. The summed E-state index contributed by atoms with van der Waals surface area (Å²) in [6, 6.07) is 0. The average Bonchev–Trinajstić information content (AvgIpc) is 1.94. The highest BCUT2D eigenvalue weighted by atomic mass is 28.3. The van der Waals surface area contributed by atoms with Crippen LogP contribution in [0.1, 0.15) is 54.4 Å². The van der Waals surface area contributed by atoms with Crippen LogP contribution < -0.4 is 0 Å². The van der Waals surface area contributed by atoms with Crippen molar-refractivity contribution in [3.63, 3.8) is 0 Å². The molecule has 88 valence electrons. The summed E-state index contributed by atoms with van der Waals surface area (Å²) < 4.78 is 0. The summed E-state index contributed by atoms with van der Waals surface area (Å²) in [4.78, 5) is 0. The van der Waals surface area contributed by atoms with E-state index in [1.54, 1.807) is 0 Å². The van der Waals surface area contributed by atoms with E-state index in [9.17, 15) is 0 Å². The SMILES string of the molecule is CC(C)(C)CCC#C[Si](C)(C)C(C)(C)C. The third kappa shape index (κ3) is 6.05. The molecule has 1 heteroatoms. The molecule has 0 spiro atoms. The van der Waals surface area contributed by atoms with Crippen molar-refractivity contribution in [3.05, 3.63) is 0 Å². The summed E-state index contributed by atoms with van der Waals surface area (Å²) in [5.74, 6) is 3.40. The highest BCUT2D eigenvalue weighted by molar-refractivity contribution is 6.87. The lowest BCUT2D eigenvalue weighted by Crippen LogP contribution is -2.35. The Morgan fingerprint density at radius 1 is 0.933 bits per heavy atom. The topological polar surface area (TPSA) is 0 Å². The summed E-state index contributed by atoms with van der Waals surface area (Å²) in [5.41, 5.74) is 3.98. The Kier molecular flexibility index (Phi) is 4.67. The fraction of sp³-hybridized carbons (Fsp3) is 0.857. The van der Waals surface area contributed by atoms with Crippen LogP contribution in [0.15, 0.2) is 0 Å². The lowest BCUT2D eigenvalue weighted by atomic mass is 9.91. The molecule has 0 atom stereocenters. The van der Waals surface area contributed by atoms with Crippen molar-refractivity contribution in [1.29, 1.82) is 0 Å². The minimum Gasteiger partial charge on any atom is -0.131 e. The molecule has 0 N–H and O–H groups in total. The van der Waals surface area contributed by atoms with Gasteiger partial charge in [0, 0.05) is 6.42 Å². The van der Waals surface area contributed by atoms with Gasteiger partial charge in [0.1, 0.15) is 8.07 Å². The molecule has 0 unspecified atom stereocenters. The summed E-state index contributed by atoms with van der Waals surface area (Å²) in [6.45, 7) is 18.5. The van der Waals surface area contributed by atoms with E-state index in [2.05, 4.69) is 66.1 Å². The standard InChI is InChI=1S/C14H28Si/c1-13(2,3)11-9-10-12-15(7,8)14(4,5)6/h9,11H2,1-8H3. The van der Waals surface area contributed by atoms with Gasteiger partial charge in [-0.2, -0.15) is 0 Å². The Morgan fingerprint density at radius 2 is 1.40 bits per heavy atom. The first-order valence-electron chi connectivity index (χ1n) is 5.96. The Bertz CT molecular complexity index is 250. The van der Waals surface area contributed by atoms with Crippen LogP contribution in [0.4, 0.5) is 0 Å². The second-order valence-corrected chi connectivity index (χ2v) is 12.2.